The molecule has 0 aromatic heterocycles. The molecule has 0 bridgehead atoms. The number of hydrogen-bond acceptors (Lipinski definition) is 2. The van der Waals surface area contributed by atoms with Crippen LogP contribution in [-0.4, -0.2) is 50.8 Å². The highest BCUT2D eigenvalue weighted by Crippen LogP contribution is 2.38. The molecule has 0 aliphatic carbocycles. The molecule has 0 aromatic rings. The molecule has 1 unspecified atom stereocenters. The largest absolute Gasteiger partial charge is 0.381 e. The predicted molar refractivity (Wildman–Crippen MR) is 95.0 cm³/mol. The fourth-order valence-corrected chi connectivity index (χ4v) is 3.17. The Bertz CT molecular complexity index is 303. The Labute approximate surface area is 140 Å². The van der Waals surface area contributed by atoms with Crippen LogP contribution in [0.3, 0.4) is 0 Å². The average Bonchev–Trinajstić information content (AvgIpc) is 3.05. The van der Waals surface area contributed by atoms with Crippen LogP contribution >= 0.6 is 24.0 Å². The third kappa shape index (κ3) is 4.76. The summed E-state index contributed by atoms with van der Waals surface area (Å²) in [5.74, 6) is 1.08. The Hall–Kier alpha value is -0.0400. The van der Waals surface area contributed by atoms with Gasteiger partial charge in [0.15, 0.2) is 5.96 Å². The van der Waals surface area contributed by atoms with Crippen molar-refractivity contribution < 1.29 is 4.74 Å². The van der Waals surface area contributed by atoms with Crippen molar-refractivity contribution in [2.75, 3.05) is 39.9 Å². The lowest BCUT2D eigenvalue weighted by Gasteiger charge is -2.24. The summed E-state index contributed by atoms with van der Waals surface area (Å²) < 4.78 is 5.58. The fourth-order valence-electron chi connectivity index (χ4n) is 3.17. The van der Waals surface area contributed by atoms with Crippen LogP contribution in [0.5, 0.6) is 0 Å². The van der Waals surface area contributed by atoms with Crippen LogP contribution in [0.15, 0.2) is 4.99 Å². The lowest BCUT2D eigenvalue weighted by molar-refractivity contribution is 0.156. The number of ether oxygens (including phenoxy) is 1. The molecule has 1 N–H and O–H groups in total. The molecular weight excluding hydrogens is 365 g/mol. The molecule has 2 aliphatic heterocycles. The summed E-state index contributed by atoms with van der Waals surface area (Å²) in [7, 11) is 1.89. The summed E-state index contributed by atoms with van der Waals surface area (Å²) in [5.41, 5.74) is 0.416. The number of nitrogens with zero attached hydrogens (tertiary/aromatic N) is 2. The van der Waals surface area contributed by atoms with Gasteiger partial charge in [-0.3, -0.25) is 4.99 Å². The van der Waals surface area contributed by atoms with E-state index in [1.54, 1.807) is 0 Å². The summed E-state index contributed by atoms with van der Waals surface area (Å²) in [6.07, 6.45) is 7.67. The molecule has 2 saturated heterocycles. The number of hydrogen-bond donors (Lipinski definition) is 1. The van der Waals surface area contributed by atoms with E-state index in [2.05, 4.69) is 22.1 Å². The molecule has 0 aromatic carbocycles. The van der Waals surface area contributed by atoms with Crippen LogP contribution in [-0.2, 0) is 4.74 Å². The normalized spacial score (nSPS) is 26.1. The monoisotopic (exact) mass is 395 g/mol. The van der Waals surface area contributed by atoms with Crippen molar-refractivity contribution in [1.29, 1.82) is 0 Å². The number of halogens is 1. The van der Waals surface area contributed by atoms with Crippen LogP contribution in [0.4, 0.5) is 0 Å². The second kappa shape index (κ2) is 9.07. The van der Waals surface area contributed by atoms with Gasteiger partial charge in [0.25, 0.3) is 0 Å². The fraction of sp³-hybridized carbons (Fsp3) is 0.933. The predicted octanol–water partition coefficient (Wildman–Crippen LogP) is 2.87. The Morgan fingerprint density at radius 3 is 2.80 bits per heavy atom. The average molecular weight is 395 g/mol. The molecule has 1 atom stereocenters. The molecule has 0 saturated carbocycles. The molecule has 0 amide bonds. The highest BCUT2D eigenvalue weighted by Gasteiger charge is 2.42. The third-order valence-electron chi connectivity index (χ3n) is 4.45. The summed E-state index contributed by atoms with van der Waals surface area (Å²) in [5, 5.41) is 3.51. The van der Waals surface area contributed by atoms with E-state index in [-0.39, 0.29) is 24.0 Å². The first-order valence-corrected chi connectivity index (χ1v) is 7.83. The second-order valence-electron chi connectivity index (χ2n) is 6.01. The molecular formula is C15H30IN3O. The Balaban J connectivity index is 0.00000200. The maximum absolute atomic E-state index is 5.58. The zero-order chi connectivity index (χ0) is 13.6. The molecule has 0 radical (unpaired) electrons. The minimum Gasteiger partial charge on any atom is -0.381 e. The first-order chi connectivity index (χ1) is 9.29. The molecule has 5 heteroatoms. The third-order valence-corrected chi connectivity index (χ3v) is 4.45. The molecule has 1 spiro atoms. The van der Waals surface area contributed by atoms with Gasteiger partial charge in [-0.1, -0.05) is 26.2 Å². The molecule has 2 aliphatic rings. The van der Waals surface area contributed by atoms with E-state index in [4.69, 9.17) is 4.74 Å². The Kier molecular flexibility index (Phi) is 8.17. The Morgan fingerprint density at radius 1 is 1.30 bits per heavy atom. The van der Waals surface area contributed by atoms with E-state index < -0.39 is 0 Å². The standard InChI is InChI=1S/C15H29N3O.HI/c1-3-4-5-6-9-17-14(16-2)18-10-7-15(12-18)8-11-19-13-15;/h3-13H2,1-2H3,(H,16,17);1H. The second-order valence-corrected chi connectivity index (χ2v) is 6.01. The van der Waals surface area contributed by atoms with Crippen molar-refractivity contribution in [3.63, 3.8) is 0 Å². The quantitative estimate of drug-likeness (QED) is 0.337. The van der Waals surface area contributed by atoms with Crippen LogP contribution in [0.25, 0.3) is 0 Å². The van der Waals surface area contributed by atoms with Gasteiger partial charge in [-0.2, -0.15) is 0 Å². The van der Waals surface area contributed by atoms with Crippen LogP contribution in [0.1, 0.15) is 45.4 Å². The zero-order valence-corrected chi connectivity index (χ0v) is 15.3. The van der Waals surface area contributed by atoms with E-state index >= 15 is 0 Å². The van der Waals surface area contributed by atoms with E-state index in [1.807, 2.05) is 7.05 Å². The van der Waals surface area contributed by atoms with E-state index in [0.717, 1.165) is 38.8 Å². The zero-order valence-electron chi connectivity index (χ0n) is 13.0. The van der Waals surface area contributed by atoms with Crippen molar-refractivity contribution >= 4 is 29.9 Å². The number of likely N-dealkylation sites (tertiary alicyclic amines) is 1. The van der Waals surface area contributed by atoms with E-state index in [9.17, 15) is 0 Å². The van der Waals surface area contributed by atoms with Crippen LogP contribution in [0.2, 0.25) is 0 Å². The van der Waals surface area contributed by atoms with Crippen LogP contribution < -0.4 is 5.32 Å². The van der Waals surface area contributed by atoms with Gasteiger partial charge in [-0.05, 0) is 19.3 Å². The van der Waals surface area contributed by atoms with E-state index in [1.165, 1.54) is 38.5 Å². The van der Waals surface area contributed by atoms with Crippen molar-refractivity contribution in [1.82, 2.24) is 10.2 Å². The molecule has 4 nitrogen and oxygen atoms in total. The summed E-state index contributed by atoms with van der Waals surface area (Å²) in [6.45, 7) is 7.42. The van der Waals surface area contributed by atoms with Crippen molar-refractivity contribution in [2.45, 2.75) is 45.4 Å². The van der Waals surface area contributed by atoms with Gasteiger partial charge >= 0.3 is 0 Å². The lowest BCUT2D eigenvalue weighted by atomic mass is 9.87. The topological polar surface area (TPSA) is 36.9 Å². The molecule has 118 valence electrons. The number of rotatable bonds is 5. The molecule has 20 heavy (non-hydrogen) atoms. The molecule has 2 fully saturated rings. The van der Waals surface area contributed by atoms with Gasteiger partial charge in [0.2, 0.25) is 0 Å². The maximum atomic E-state index is 5.58. The summed E-state index contributed by atoms with van der Waals surface area (Å²) >= 11 is 0. The van der Waals surface area contributed by atoms with Crippen LogP contribution in [0, 0.1) is 5.41 Å². The minimum atomic E-state index is 0. The van der Waals surface area contributed by atoms with Gasteiger partial charge < -0.3 is 15.0 Å². The van der Waals surface area contributed by atoms with Gasteiger partial charge in [0.05, 0.1) is 6.61 Å². The number of aliphatic imine (C=N–C) groups is 1. The summed E-state index contributed by atoms with van der Waals surface area (Å²) in [6, 6.07) is 0. The minimum absolute atomic E-state index is 0. The van der Waals surface area contributed by atoms with Crippen molar-refractivity contribution in [3.8, 4) is 0 Å². The maximum Gasteiger partial charge on any atom is 0.193 e. The number of nitrogens with one attached hydrogen (secondary N) is 1. The van der Waals surface area contributed by atoms with Gasteiger partial charge in [-0.25, -0.2) is 0 Å². The lowest BCUT2D eigenvalue weighted by Crippen LogP contribution is -2.41. The van der Waals surface area contributed by atoms with E-state index in [0.29, 0.717) is 5.41 Å². The van der Waals surface area contributed by atoms with Gasteiger partial charge in [0, 0.05) is 38.7 Å². The first kappa shape index (κ1) is 18.0. The SMILES string of the molecule is CCCCCCNC(=NC)N1CCC2(CCOC2)C1.I. The highest BCUT2D eigenvalue weighted by atomic mass is 127. The van der Waals surface area contributed by atoms with Gasteiger partial charge in [-0.15, -0.1) is 24.0 Å². The van der Waals surface area contributed by atoms with Crippen molar-refractivity contribution in [3.05, 3.63) is 0 Å². The smallest absolute Gasteiger partial charge is 0.193 e. The van der Waals surface area contributed by atoms with Crippen molar-refractivity contribution in [2.24, 2.45) is 10.4 Å². The highest BCUT2D eigenvalue weighted by molar-refractivity contribution is 14.0. The molecule has 2 rings (SSSR count). The first-order valence-electron chi connectivity index (χ1n) is 7.83. The Morgan fingerprint density at radius 2 is 2.15 bits per heavy atom. The summed E-state index contributed by atoms with van der Waals surface area (Å²) in [4.78, 5) is 6.84. The van der Waals surface area contributed by atoms with Gasteiger partial charge in [0.1, 0.15) is 0 Å². The molecule has 2 heterocycles. The number of guanidine groups is 1. The number of unbranched alkanes of at least 4 members (excludes halogenated alkanes) is 3.